The molecular formula is C17H24N2O2. The number of amides is 1. The Kier molecular flexibility index (Phi) is 3.34. The van der Waals surface area contributed by atoms with Crippen LogP contribution >= 0.6 is 0 Å². The summed E-state index contributed by atoms with van der Waals surface area (Å²) in [5.41, 5.74) is 6.34. The Hall–Kier alpha value is -1.39. The predicted molar refractivity (Wildman–Crippen MR) is 83.0 cm³/mol. The predicted octanol–water partition coefficient (Wildman–Crippen LogP) is 2.18. The number of likely N-dealkylation sites (N-methyl/N-ethyl adjacent to an activating group) is 1. The van der Waals surface area contributed by atoms with Crippen molar-refractivity contribution in [1.82, 2.24) is 0 Å². The van der Waals surface area contributed by atoms with Crippen molar-refractivity contribution >= 4 is 11.6 Å². The molecule has 1 aliphatic heterocycles. The highest BCUT2D eigenvalue weighted by molar-refractivity contribution is 6.01. The first-order valence-electron chi connectivity index (χ1n) is 7.64. The zero-order valence-corrected chi connectivity index (χ0v) is 13.0. The van der Waals surface area contributed by atoms with Crippen LogP contribution in [0.3, 0.4) is 0 Å². The Balaban J connectivity index is 1.89. The maximum absolute atomic E-state index is 13.1. The zero-order valence-electron chi connectivity index (χ0n) is 13.0. The molecule has 1 saturated heterocycles. The summed E-state index contributed by atoms with van der Waals surface area (Å²) in [6.45, 7) is 4.88. The van der Waals surface area contributed by atoms with E-state index in [0.29, 0.717) is 0 Å². The van der Waals surface area contributed by atoms with Gasteiger partial charge in [0.15, 0.2) is 0 Å². The second-order valence-electron chi connectivity index (χ2n) is 6.83. The molecule has 114 valence electrons. The van der Waals surface area contributed by atoms with Crippen LogP contribution in [-0.4, -0.2) is 31.2 Å². The molecule has 3 unspecified atom stereocenters. The van der Waals surface area contributed by atoms with E-state index < -0.39 is 5.54 Å². The van der Waals surface area contributed by atoms with Crippen LogP contribution in [0.15, 0.2) is 30.3 Å². The Morgan fingerprint density at radius 3 is 2.67 bits per heavy atom. The molecule has 0 aromatic heterocycles. The molecule has 1 amide bonds. The van der Waals surface area contributed by atoms with Gasteiger partial charge in [-0.3, -0.25) is 4.79 Å². The van der Waals surface area contributed by atoms with Gasteiger partial charge in [0.1, 0.15) is 5.54 Å². The van der Waals surface area contributed by atoms with Crippen LogP contribution in [0, 0.1) is 11.3 Å². The number of carbonyl (C=O) groups excluding carboxylic acids is 1. The fourth-order valence-corrected chi connectivity index (χ4v) is 4.06. The van der Waals surface area contributed by atoms with E-state index in [4.69, 9.17) is 10.5 Å². The van der Waals surface area contributed by atoms with Gasteiger partial charge in [-0.15, -0.1) is 0 Å². The highest BCUT2D eigenvalue weighted by Gasteiger charge is 2.70. The molecule has 2 fully saturated rings. The molecular weight excluding hydrogens is 264 g/mol. The smallest absolute Gasteiger partial charge is 0.247 e. The van der Waals surface area contributed by atoms with E-state index in [2.05, 4.69) is 13.8 Å². The lowest BCUT2D eigenvalue weighted by Crippen LogP contribution is -2.82. The van der Waals surface area contributed by atoms with Crippen molar-refractivity contribution in [2.24, 2.45) is 17.1 Å². The van der Waals surface area contributed by atoms with Gasteiger partial charge in [-0.1, -0.05) is 32.0 Å². The molecule has 4 heteroatoms. The van der Waals surface area contributed by atoms with E-state index in [0.717, 1.165) is 25.1 Å². The summed E-state index contributed by atoms with van der Waals surface area (Å²) in [5.74, 6) is 0.116. The molecule has 0 bridgehead atoms. The average molecular weight is 288 g/mol. The number of ether oxygens (including phenoxy) is 1. The summed E-state index contributed by atoms with van der Waals surface area (Å²) in [4.78, 5) is 14.8. The Bertz CT molecular complexity index is 543. The summed E-state index contributed by atoms with van der Waals surface area (Å²) < 4.78 is 5.87. The second-order valence-corrected chi connectivity index (χ2v) is 6.83. The molecule has 1 saturated carbocycles. The average Bonchev–Trinajstić information content (AvgIpc) is 2.53. The number of nitrogens with two attached hydrogens (primary N) is 1. The van der Waals surface area contributed by atoms with E-state index >= 15 is 0 Å². The van der Waals surface area contributed by atoms with Gasteiger partial charge in [0, 0.05) is 30.7 Å². The number of rotatable bonds is 2. The first-order chi connectivity index (χ1) is 9.90. The molecule has 3 rings (SSSR count). The number of para-hydroxylation sites is 1. The summed E-state index contributed by atoms with van der Waals surface area (Å²) in [7, 11) is 1.80. The van der Waals surface area contributed by atoms with Crippen LogP contribution < -0.4 is 10.6 Å². The van der Waals surface area contributed by atoms with E-state index in [1.54, 1.807) is 11.9 Å². The summed E-state index contributed by atoms with van der Waals surface area (Å²) in [6, 6.07) is 9.67. The van der Waals surface area contributed by atoms with Gasteiger partial charge in [-0.05, 0) is 25.0 Å². The fraction of sp³-hybridized carbons (Fsp3) is 0.588. The molecule has 0 radical (unpaired) electrons. The lowest BCUT2D eigenvalue weighted by Gasteiger charge is -2.65. The van der Waals surface area contributed by atoms with Crippen molar-refractivity contribution in [2.75, 3.05) is 18.6 Å². The first-order valence-corrected chi connectivity index (χ1v) is 7.64. The maximum atomic E-state index is 13.1. The lowest BCUT2D eigenvalue weighted by molar-refractivity contribution is -0.223. The number of fused-ring (bicyclic) bond motifs is 1. The molecule has 21 heavy (non-hydrogen) atoms. The van der Waals surface area contributed by atoms with E-state index in [1.165, 1.54) is 0 Å². The number of anilines is 1. The molecule has 2 N–H and O–H groups in total. The molecule has 2 aliphatic rings. The maximum Gasteiger partial charge on any atom is 0.247 e. The molecule has 0 spiro atoms. The molecule has 3 atom stereocenters. The Morgan fingerprint density at radius 2 is 2.00 bits per heavy atom. The number of nitrogens with zero attached hydrogens (tertiary/aromatic N) is 1. The Morgan fingerprint density at radius 1 is 1.33 bits per heavy atom. The monoisotopic (exact) mass is 288 g/mol. The minimum atomic E-state index is -0.845. The van der Waals surface area contributed by atoms with E-state index in [9.17, 15) is 4.79 Å². The first kappa shape index (κ1) is 14.5. The van der Waals surface area contributed by atoms with Gasteiger partial charge in [0.2, 0.25) is 5.91 Å². The minimum absolute atomic E-state index is 0.00884. The summed E-state index contributed by atoms with van der Waals surface area (Å²) in [5, 5.41) is 0. The van der Waals surface area contributed by atoms with Gasteiger partial charge in [-0.25, -0.2) is 0 Å². The summed E-state index contributed by atoms with van der Waals surface area (Å²) in [6.07, 6.45) is 2.06. The van der Waals surface area contributed by atoms with Crippen LogP contribution in [0.5, 0.6) is 0 Å². The second kappa shape index (κ2) is 4.82. The third kappa shape index (κ3) is 1.86. The van der Waals surface area contributed by atoms with Gasteiger partial charge in [0.25, 0.3) is 0 Å². The van der Waals surface area contributed by atoms with Gasteiger partial charge in [-0.2, -0.15) is 0 Å². The normalized spacial score (nSPS) is 33.7. The molecule has 1 aromatic rings. The van der Waals surface area contributed by atoms with Crippen molar-refractivity contribution in [3.63, 3.8) is 0 Å². The van der Waals surface area contributed by atoms with Crippen molar-refractivity contribution in [3.8, 4) is 0 Å². The van der Waals surface area contributed by atoms with Gasteiger partial charge >= 0.3 is 0 Å². The van der Waals surface area contributed by atoms with Crippen LogP contribution in [0.2, 0.25) is 0 Å². The van der Waals surface area contributed by atoms with Crippen LogP contribution in [0.4, 0.5) is 5.69 Å². The van der Waals surface area contributed by atoms with E-state index in [-0.39, 0.29) is 23.3 Å². The van der Waals surface area contributed by atoms with Crippen molar-refractivity contribution < 1.29 is 9.53 Å². The van der Waals surface area contributed by atoms with Crippen LogP contribution in [-0.2, 0) is 9.53 Å². The standard InChI is InChI=1S/C17H24N2O2/c1-16(2)14-13(10-7-11-21-14)17(16,18)15(20)19(3)12-8-5-4-6-9-12/h4-6,8-9,13-14H,7,10-11,18H2,1-3H3. The minimum Gasteiger partial charge on any atom is -0.377 e. The molecule has 1 aliphatic carbocycles. The van der Waals surface area contributed by atoms with Crippen LogP contribution in [0.1, 0.15) is 26.7 Å². The van der Waals surface area contributed by atoms with Gasteiger partial charge < -0.3 is 15.4 Å². The Labute approximate surface area is 126 Å². The third-order valence-electron chi connectivity index (χ3n) is 5.49. The molecule has 1 heterocycles. The topological polar surface area (TPSA) is 55.6 Å². The number of hydrogen-bond acceptors (Lipinski definition) is 3. The van der Waals surface area contributed by atoms with Crippen molar-refractivity contribution in [2.45, 2.75) is 38.3 Å². The quantitative estimate of drug-likeness (QED) is 0.907. The number of carbonyl (C=O) groups is 1. The zero-order chi connectivity index (χ0) is 15.3. The van der Waals surface area contributed by atoms with E-state index in [1.807, 2.05) is 30.3 Å². The largest absolute Gasteiger partial charge is 0.377 e. The summed E-state index contributed by atoms with van der Waals surface area (Å²) >= 11 is 0. The number of benzene rings is 1. The van der Waals surface area contributed by atoms with Gasteiger partial charge in [0.05, 0.1) is 6.10 Å². The van der Waals surface area contributed by atoms with Crippen molar-refractivity contribution in [1.29, 1.82) is 0 Å². The van der Waals surface area contributed by atoms with Crippen LogP contribution in [0.25, 0.3) is 0 Å². The highest BCUT2D eigenvalue weighted by Crippen LogP contribution is 2.58. The fourth-order valence-electron chi connectivity index (χ4n) is 4.06. The third-order valence-corrected chi connectivity index (χ3v) is 5.49. The molecule has 1 aromatic carbocycles. The van der Waals surface area contributed by atoms with Crippen molar-refractivity contribution in [3.05, 3.63) is 30.3 Å². The molecule has 4 nitrogen and oxygen atoms in total. The SMILES string of the molecule is CN(C(=O)C1(N)C2CCCOC2C1(C)C)c1ccccc1. The highest BCUT2D eigenvalue weighted by atomic mass is 16.5. The number of hydrogen-bond donors (Lipinski definition) is 1. The lowest BCUT2D eigenvalue weighted by atomic mass is 9.46.